The van der Waals surface area contributed by atoms with Gasteiger partial charge in [-0.3, -0.25) is 14.4 Å². The second-order valence-corrected chi connectivity index (χ2v) is 6.38. The Balaban J connectivity index is 0.00000364. The van der Waals surface area contributed by atoms with Crippen molar-refractivity contribution in [3.63, 3.8) is 0 Å². The molecule has 0 saturated heterocycles. The molecule has 0 spiro atoms. The molecule has 8 heteroatoms. The molecule has 0 aliphatic heterocycles. The highest BCUT2D eigenvalue weighted by Gasteiger charge is 2.18. The van der Waals surface area contributed by atoms with E-state index in [0.29, 0.717) is 6.54 Å². The van der Waals surface area contributed by atoms with Crippen molar-refractivity contribution in [2.24, 2.45) is 11.7 Å². The molecule has 2 amide bonds. The number of hydrogen-bond donors (Lipinski definition) is 3. The number of benzene rings is 1. The number of nitrogens with two attached hydrogens (primary N) is 1. The molecule has 2 rings (SSSR count). The number of nitrogens with zero attached hydrogens (tertiary/aromatic N) is 1. The van der Waals surface area contributed by atoms with Gasteiger partial charge >= 0.3 is 0 Å². The number of anilines is 1. The summed E-state index contributed by atoms with van der Waals surface area (Å²) in [4.78, 5) is 36.3. The molecule has 0 bridgehead atoms. The standard InChI is InChI=1S/C19H24N4O3.ClH/c1-13(2)17(20)18(25)21-11-16(24)22-15-9-6-10-23(19(15)26)12-14-7-4-3-5-8-14;/h3-10,13,17H,11-12,20H2,1-2H3,(H,21,25)(H,22,24);1H/t17-;/m0./s1. The summed E-state index contributed by atoms with van der Waals surface area (Å²) in [6, 6.07) is 12.1. The Labute approximate surface area is 164 Å². The van der Waals surface area contributed by atoms with Crippen molar-refractivity contribution in [1.82, 2.24) is 9.88 Å². The molecule has 146 valence electrons. The van der Waals surface area contributed by atoms with Crippen LogP contribution in [-0.4, -0.2) is 29.0 Å². The van der Waals surface area contributed by atoms with E-state index in [1.165, 1.54) is 10.6 Å². The highest BCUT2D eigenvalue weighted by atomic mass is 35.5. The van der Waals surface area contributed by atoms with Gasteiger partial charge in [-0.1, -0.05) is 44.2 Å². The number of halogens is 1. The van der Waals surface area contributed by atoms with E-state index < -0.39 is 17.9 Å². The number of nitrogens with one attached hydrogen (secondary N) is 2. The molecule has 1 atom stereocenters. The van der Waals surface area contributed by atoms with Crippen LogP contribution in [0, 0.1) is 5.92 Å². The topological polar surface area (TPSA) is 106 Å². The van der Waals surface area contributed by atoms with Gasteiger partial charge in [-0.05, 0) is 23.6 Å². The summed E-state index contributed by atoms with van der Waals surface area (Å²) >= 11 is 0. The van der Waals surface area contributed by atoms with Crippen LogP contribution in [0.5, 0.6) is 0 Å². The van der Waals surface area contributed by atoms with Gasteiger partial charge in [-0.15, -0.1) is 12.4 Å². The fourth-order valence-electron chi connectivity index (χ4n) is 2.32. The number of aromatic nitrogens is 1. The first-order valence-corrected chi connectivity index (χ1v) is 8.45. The molecule has 4 N–H and O–H groups in total. The molecule has 7 nitrogen and oxygen atoms in total. The predicted molar refractivity (Wildman–Crippen MR) is 108 cm³/mol. The van der Waals surface area contributed by atoms with Crippen LogP contribution in [0.1, 0.15) is 19.4 Å². The van der Waals surface area contributed by atoms with E-state index in [9.17, 15) is 14.4 Å². The third-order valence-electron chi connectivity index (χ3n) is 3.93. The van der Waals surface area contributed by atoms with Gasteiger partial charge < -0.3 is 20.9 Å². The Kier molecular flexibility index (Phi) is 8.71. The van der Waals surface area contributed by atoms with E-state index in [0.717, 1.165) is 5.56 Å². The summed E-state index contributed by atoms with van der Waals surface area (Å²) in [5.74, 6) is -0.911. The third kappa shape index (κ3) is 6.54. The minimum absolute atomic E-state index is 0. The average molecular weight is 393 g/mol. The minimum atomic E-state index is -0.678. The third-order valence-corrected chi connectivity index (χ3v) is 3.93. The van der Waals surface area contributed by atoms with Crippen molar-refractivity contribution in [2.45, 2.75) is 26.4 Å². The SMILES string of the molecule is CC(C)[C@H](N)C(=O)NCC(=O)Nc1cccn(Cc2ccccc2)c1=O.Cl. The molecule has 1 heterocycles. The Bertz CT molecular complexity index is 821. The van der Waals surface area contributed by atoms with E-state index in [-0.39, 0.29) is 36.1 Å². The van der Waals surface area contributed by atoms with Crippen molar-refractivity contribution >= 4 is 29.9 Å². The first kappa shape index (κ1) is 22.4. The van der Waals surface area contributed by atoms with Crippen molar-refractivity contribution < 1.29 is 9.59 Å². The first-order chi connectivity index (χ1) is 12.4. The maximum Gasteiger partial charge on any atom is 0.274 e. The molecule has 1 aromatic carbocycles. The summed E-state index contributed by atoms with van der Waals surface area (Å²) in [5, 5.41) is 5.00. The molecule has 0 aliphatic rings. The molecule has 0 saturated carbocycles. The average Bonchev–Trinajstić information content (AvgIpc) is 2.63. The van der Waals surface area contributed by atoms with Crippen molar-refractivity contribution in [1.29, 1.82) is 0 Å². The van der Waals surface area contributed by atoms with Crippen molar-refractivity contribution in [3.05, 3.63) is 64.6 Å². The van der Waals surface area contributed by atoms with Gasteiger partial charge in [0.05, 0.1) is 19.1 Å². The van der Waals surface area contributed by atoms with Gasteiger partial charge in [0, 0.05) is 6.20 Å². The molecule has 0 fully saturated rings. The van der Waals surface area contributed by atoms with Crippen LogP contribution in [0.2, 0.25) is 0 Å². The second kappa shape index (κ2) is 10.5. The minimum Gasteiger partial charge on any atom is -0.346 e. The molecule has 1 aromatic heterocycles. The van der Waals surface area contributed by atoms with Crippen molar-refractivity contribution in [2.75, 3.05) is 11.9 Å². The van der Waals surface area contributed by atoms with Crippen LogP contribution < -0.4 is 21.9 Å². The van der Waals surface area contributed by atoms with E-state index >= 15 is 0 Å². The van der Waals surface area contributed by atoms with E-state index in [1.54, 1.807) is 12.3 Å². The van der Waals surface area contributed by atoms with Gasteiger partial charge in [0.25, 0.3) is 5.56 Å². The number of amides is 2. The van der Waals surface area contributed by atoms with Crippen LogP contribution in [0.4, 0.5) is 5.69 Å². The molecule has 2 aromatic rings. The van der Waals surface area contributed by atoms with E-state index in [1.807, 2.05) is 44.2 Å². The second-order valence-electron chi connectivity index (χ2n) is 6.38. The summed E-state index contributed by atoms with van der Waals surface area (Å²) in [7, 11) is 0. The normalized spacial score (nSPS) is 11.4. The zero-order chi connectivity index (χ0) is 19.1. The van der Waals surface area contributed by atoms with E-state index in [4.69, 9.17) is 5.73 Å². The number of carbonyl (C=O) groups is 2. The van der Waals surface area contributed by atoms with Crippen LogP contribution in [-0.2, 0) is 16.1 Å². The number of carbonyl (C=O) groups excluding carboxylic acids is 2. The Morgan fingerprint density at radius 2 is 1.78 bits per heavy atom. The smallest absolute Gasteiger partial charge is 0.274 e. The highest BCUT2D eigenvalue weighted by molar-refractivity contribution is 5.95. The Morgan fingerprint density at radius 3 is 2.41 bits per heavy atom. The first-order valence-electron chi connectivity index (χ1n) is 8.45. The Morgan fingerprint density at radius 1 is 1.11 bits per heavy atom. The molecular weight excluding hydrogens is 368 g/mol. The molecule has 0 radical (unpaired) electrons. The van der Waals surface area contributed by atoms with Crippen molar-refractivity contribution in [3.8, 4) is 0 Å². The van der Waals surface area contributed by atoms with Gasteiger partial charge in [0.15, 0.2) is 0 Å². The van der Waals surface area contributed by atoms with Gasteiger partial charge in [0.2, 0.25) is 11.8 Å². The van der Waals surface area contributed by atoms with Gasteiger partial charge in [0.1, 0.15) is 5.69 Å². The molecular formula is C19H25ClN4O3. The van der Waals surface area contributed by atoms with Gasteiger partial charge in [-0.2, -0.15) is 0 Å². The number of rotatable bonds is 7. The van der Waals surface area contributed by atoms with Gasteiger partial charge in [-0.25, -0.2) is 0 Å². The van der Waals surface area contributed by atoms with Crippen LogP contribution in [0.25, 0.3) is 0 Å². The monoisotopic (exact) mass is 392 g/mol. The number of hydrogen-bond acceptors (Lipinski definition) is 4. The zero-order valence-corrected chi connectivity index (χ0v) is 16.2. The fourth-order valence-corrected chi connectivity index (χ4v) is 2.32. The lowest BCUT2D eigenvalue weighted by Gasteiger charge is -2.15. The summed E-state index contributed by atoms with van der Waals surface area (Å²) in [6.07, 6.45) is 1.66. The van der Waals surface area contributed by atoms with Crippen LogP contribution >= 0.6 is 12.4 Å². The van der Waals surface area contributed by atoms with Crippen LogP contribution in [0.15, 0.2) is 53.5 Å². The summed E-state index contributed by atoms with van der Waals surface area (Å²) in [5.41, 5.74) is 6.55. The quantitative estimate of drug-likeness (QED) is 0.661. The predicted octanol–water partition coefficient (Wildman–Crippen LogP) is 1.36. The largest absolute Gasteiger partial charge is 0.346 e. The lowest BCUT2D eigenvalue weighted by Crippen LogP contribution is -2.46. The fraction of sp³-hybridized carbons (Fsp3) is 0.316. The summed E-state index contributed by atoms with van der Waals surface area (Å²) in [6.45, 7) is 3.81. The lowest BCUT2D eigenvalue weighted by atomic mass is 10.1. The van der Waals surface area contributed by atoms with E-state index in [2.05, 4.69) is 10.6 Å². The zero-order valence-electron chi connectivity index (χ0n) is 15.3. The summed E-state index contributed by atoms with van der Waals surface area (Å²) < 4.78 is 1.51. The Hall–Kier alpha value is -2.64. The highest BCUT2D eigenvalue weighted by Crippen LogP contribution is 2.04. The molecule has 0 aliphatic carbocycles. The maximum absolute atomic E-state index is 12.5. The lowest BCUT2D eigenvalue weighted by molar-refractivity contribution is -0.125. The molecule has 0 unspecified atom stereocenters. The molecule has 27 heavy (non-hydrogen) atoms. The number of pyridine rings is 1. The maximum atomic E-state index is 12.5. The van der Waals surface area contributed by atoms with Crippen LogP contribution in [0.3, 0.4) is 0 Å².